The smallest absolute Gasteiger partial charge is 0.324 e. The molecule has 0 bridgehead atoms. The second-order valence-corrected chi connectivity index (χ2v) is 8.14. The van der Waals surface area contributed by atoms with Gasteiger partial charge in [-0.1, -0.05) is 42.8 Å². The Bertz CT molecular complexity index is 1110. The van der Waals surface area contributed by atoms with Gasteiger partial charge in [-0.2, -0.15) is 0 Å². The zero-order chi connectivity index (χ0) is 23.0. The standard InChI is InChI=1S/C24H28N6O3/c31-22(25-14-7-2-5-11-20-27-28-21-12-6-8-15-29(20)21)17-19-23(32)30(24(33)26-19)16-13-18-9-3-1-4-10-18/h1,3-4,6,8-10,12,15,19H,2,5,7,11,13-14,16-17H2,(H,25,31)(H,26,33)/t19-/m1/s1. The number of pyridine rings is 1. The maximum atomic E-state index is 12.5. The average molecular weight is 449 g/mol. The SMILES string of the molecule is O=C(C[C@H]1NC(=O)N(CCc2ccccc2)C1=O)NCCCCCc1nnc2ccccn12. The monoisotopic (exact) mass is 448 g/mol. The van der Waals surface area contributed by atoms with E-state index in [9.17, 15) is 14.4 Å². The van der Waals surface area contributed by atoms with Gasteiger partial charge < -0.3 is 10.6 Å². The Morgan fingerprint density at radius 1 is 0.970 bits per heavy atom. The number of aryl methyl sites for hydroxylation is 1. The van der Waals surface area contributed by atoms with Crippen molar-refractivity contribution in [1.82, 2.24) is 30.1 Å². The van der Waals surface area contributed by atoms with Crippen molar-refractivity contribution in [3.05, 3.63) is 66.1 Å². The quantitative estimate of drug-likeness (QED) is 0.345. The van der Waals surface area contributed by atoms with Crippen LogP contribution in [-0.4, -0.2) is 56.5 Å². The van der Waals surface area contributed by atoms with Gasteiger partial charge in [-0.25, -0.2) is 4.79 Å². The number of urea groups is 1. The molecule has 3 aromatic rings. The normalized spacial score (nSPS) is 15.8. The summed E-state index contributed by atoms with van der Waals surface area (Å²) in [6.07, 6.45) is 6.03. The summed E-state index contributed by atoms with van der Waals surface area (Å²) in [5.41, 5.74) is 1.89. The van der Waals surface area contributed by atoms with E-state index in [0.29, 0.717) is 19.5 Å². The Balaban J connectivity index is 1.12. The summed E-state index contributed by atoms with van der Waals surface area (Å²) in [6.45, 7) is 0.833. The number of hydrogen-bond donors (Lipinski definition) is 2. The fraction of sp³-hybridized carbons (Fsp3) is 0.375. The molecule has 2 aromatic heterocycles. The van der Waals surface area contributed by atoms with E-state index in [-0.39, 0.29) is 18.2 Å². The zero-order valence-electron chi connectivity index (χ0n) is 18.4. The Kier molecular flexibility index (Phi) is 7.29. The van der Waals surface area contributed by atoms with Crippen molar-refractivity contribution in [2.45, 2.75) is 44.6 Å². The molecule has 1 aliphatic rings. The molecule has 0 radical (unpaired) electrons. The van der Waals surface area contributed by atoms with Crippen LogP contribution in [0, 0.1) is 0 Å². The minimum atomic E-state index is -0.797. The molecule has 0 aliphatic carbocycles. The molecule has 4 rings (SSSR count). The largest absolute Gasteiger partial charge is 0.356 e. The van der Waals surface area contributed by atoms with Crippen LogP contribution in [0.5, 0.6) is 0 Å². The Labute approximate surface area is 192 Å². The molecule has 0 saturated carbocycles. The second kappa shape index (κ2) is 10.7. The van der Waals surface area contributed by atoms with E-state index in [4.69, 9.17) is 0 Å². The third-order valence-electron chi connectivity index (χ3n) is 5.75. The lowest BCUT2D eigenvalue weighted by Crippen LogP contribution is -2.37. The van der Waals surface area contributed by atoms with Crippen molar-refractivity contribution in [2.75, 3.05) is 13.1 Å². The van der Waals surface area contributed by atoms with E-state index >= 15 is 0 Å². The summed E-state index contributed by atoms with van der Waals surface area (Å²) in [5.74, 6) is 0.357. The molecule has 0 spiro atoms. The van der Waals surface area contributed by atoms with Gasteiger partial charge in [-0.3, -0.25) is 18.9 Å². The van der Waals surface area contributed by atoms with Crippen LogP contribution in [0.25, 0.3) is 5.65 Å². The van der Waals surface area contributed by atoms with Gasteiger partial charge in [0.15, 0.2) is 5.65 Å². The fourth-order valence-corrected chi connectivity index (χ4v) is 3.94. The van der Waals surface area contributed by atoms with Gasteiger partial charge in [-0.05, 0) is 37.0 Å². The molecule has 1 aromatic carbocycles. The van der Waals surface area contributed by atoms with Gasteiger partial charge in [0.25, 0.3) is 5.91 Å². The highest BCUT2D eigenvalue weighted by atomic mass is 16.2. The number of carbonyl (C=O) groups excluding carboxylic acids is 3. The molecule has 33 heavy (non-hydrogen) atoms. The maximum Gasteiger partial charge on any atom is 0.324 e. The predicted molar refractivity (Wildman–Crippen MR) is 122 cm³/mol. The highest BCUT2D eigenvalue weighted by molar-refractivity contribution is 6.05. The van der Waals surface area contributed by atoms with E-state index < -0.39 is 12.1 Å². The van der Waals surface area contributed by atoms with Crippen molar-refractivity contribution < 1.29 is 14.4 Å². The molecule has 9 heteroatoms. The van der Waals surface area contributed by atoms with Crippen LogP contribution < -0.4 is 10.6 Å². The first-order valence-corrected chi connectivity index (χ1v) is 11.3. The highest BCUT2D eigenvalue weighted by Crippen LogP contribution is 2.12. The molecule has 1 fully saturated rings. The lowest BCUT2D eigenvalue weighted by molar-refractivity contribution is -0.130. The number of aromatic nitrogens is 3. The first kappa shape index (κ1) is 22.4. The molecule has 1 aliphatic heterocycles. The average Bonchev–Trinajstić information content (AvgIpc) is 3.35. The van der Waals surface area contributed by atoms with Crippen molar-refractivity contribution in [3.63, 3.8) is 0 Å². The van der Waals surface area contributed by atoms with E-state index in [1.807, 2.05) is 59.1 Å². The van der Waals surface area contributed by atoms with E-state index in [0.717, 1.165) is 42.7 Å². The van der Waals surface area contributed by atoms with Crippen molar-refractivity contribution in [3.8, 4) is 0 Å². The Hall–Kier alpha value is -3.75. The number of imide groups is 1. The summed E-state index contributed by atoms with van der Waals surface area (Å²) >= 11 is 0. The molecule has 0 unspecified atom stereocenters. The minimum absolute atomic E-state index is 0.0435. The molecule has 4 amide bonds. The van der Waals surface area contributed by atoms with E-state index in [1.165, 1.54) is 4.90 Å². The molecule has 2 N–H and O–H groups in total. The Morgan fingerprint density at radius 2 is 1.79 bits per heavy atom. The summed E-state index contributed by atoms with van der Waals surface area (Å²) < 4.78 is 1.98. The number of benzene rings is 1. The molecule has 1 saturated heterocycles. The molecule has 172 valence electrons. The van der Waals surface area contributed by atoms with Gasteiger partial charge in [0.1, 0.15) is 11.9 Å². The summed E-state index contributed by atoms with van der Waals surface area (Å²) in [6, 6.07) is 14.3. The lowest BCUT2D eigenvalue weighted by atomic mass is 10.1. The van der Waals surface area contributed by atoms with Crippen LogP contribution in [0.2, 0.25) is 0 Å². The number of nitrogens with zero attached hydrogens (tertiary/aromatic N) is 4. The first-order valence-electron chi connectivity index (χ1n) is 11.3. The van der Waals surface area contributed by atoms with Gasteiger partial charge in [0.2, 0.25) is 5.91 Å². The maximum absolute atomic E-state index is 12.5. The number of amides is 4. The number of fused-ring (bicyclic) bond motifs is 1. The number of nitrogens with one attached hydrogen (secondary N) is 2. The summed E-state index contributed by atoms with van der Waals surface area (Å²) in [5, 5.41) is 13.8. The van der Waals surface area contributed by atoms with Crippen LogP contribution >= 0.6 is 0 Å². The van der Waals surface area contributed by atoms with Gasteiger partial charge in [0, 0.05) is 25.7 Å². The third kappa shape index (κ3) is 5.74. The van der Waals surface area contributed by atoms with Crippen LogP contribution in [0.3, 0.4) is 0 Å². The molecular weight excluding hydrogens is 420 g/mol. The fourth-order valence-electron chi connectivity index (χ4n) is 3.94. The second-order valence-electron chi connectivity index (χ2n) is 8.14. The van der Waals surface area contributed by atoms with E-state index in [2.05, 4.69) is 20.8 Å². The van der Waals surface area contributed by atoms with Gasteiger partial charge in [-0.15, -0.1) is 10.2 Å². The van der Waals surface area contributed by atoms with Crippen molar-refractivity contribution >= 4 is 23.5 Å². The highest BCUT2D eigenvalue weighted by Gasteiger charge is 2.38. The minimum Gasteiger partial charge on any atom is -0.356 e. The third-order valence-corrected chi connectivity index (χ3v) is 5.75. The molecule has 9 nitrogen and oxygen atoms in total. The molecule has 3 heterocycles. The number of unbranched alkanes of at least 4 members (excludes halogenated alkanes) is 2. The van der Waals surface area contributed by atoms with E-state index in [1.54, 1.807) is 0 Å². The van der Waals surface area contributed by atoms with Crippen LogP contribution in [0.15, 0.2) is 54.7 Å². The zero-order valence-corrected chi connectivity index (χ0v) is 18.4. The first-order chi connectivity index (χ1) is 16.1. The van der Waals surface area contributed by atoms with Gasteiger partial charge >= 0.3 is 6.03 Å². The number of rotatable bonds is 11. The number of hydrogen-bond acceptors (Lipinski definition) is 5. The van der Waals surface area contributed by atoms with Gasteiger partial charge in [0.05, 0.1) is 6.42 Å². The predicted octanol–water partition coefficient (Wildman–Crippen LogP) is 2.11. The topological polar surface area (TPSA) is 109 Å². The Morgan fingerprint density at radius 3 is 2.64 bits per heavy atom. The lowest BCUT2D eigenvalue weighted by Gasteiger charge is -2.13. The van der Waals surface area contributed by atoms with Crippen LogP contribution in [-0.2, 0) is 22.4 Å². The molecular formula is C24H28N6O3. The summed E-state index contributed by atoms with van der Waals surface area (Å²) in [4.78, 5) is 38.1. The van der Waals surface area contributed by atoms with Crippen molar-refractivity contribution in [1.29, 1.82) is 0 Å². The van der Waals surface area contributed by atoms with Crippen LogP contribution in [0.4, 0.5) is 4.79 Å². The van der Waals surface area contributed by atoms with Crippen molar-refractivity contribution in [2.24, 2.45) is 0 Å². The summed E-state index contributed by atoms with van der Waals surface area (Å²) in [7, 11) is 0. The van der Waals surface area contributed by atoms with Crippen LogP contribution in [0.1, 0.15) is 37.1 Å². The number of carbonyl (C=O) groups is 3. The molecule has 1 atom stereocenters.